The van der Waals surface area contributed by atoms with Gasteiger partial charge in [-0.2, -0.15) is 13.2 Å². The second kappa shape index (κ2) is 4.20. The van der Waals surface area contributed by atoms with Gasteiger partial charge in [-0.25, -0.2) is 0 Å². The molecule has 0 aromatic heterocycles. The molecular formula is C8H6F3NO3S. The Kier molecular flexibility index (Phi) is 3.32. The first kappa shape index (κ1) is 12.6. The minimum absolute atomic E-state index is 0.224. The average molecular weight is 253 g/mol. The van der Waals surface area contributed by atoms with Gasteiger partial charge in [0.1, 0.15) is 4.90 Å². The van der Waals surface area contributed by atoms with Gasteiger partial charge in [-0.1, -0.05) is 0 Å². The Hall–Kier alpha value is -1.44. The van der Waals surface area contributed by atoms with Crippen LogP contribution in [0.4, 0.5) is 18.9 Å². The van der Waals surface area contributed by atoms with Gasteiger partial charge >= 0.3 is 6.18 Å². The molecule has 0 unspecified atom stereocenters. The van der Waals surface area contributed by atoms with Crippen LogP contribution in [-0.4, -0.2) is 15.4 Å². The summed E-state index contributed by atoms with van der Waals surface area (Å²) in [6.45, 7) is 0. The summed E-state index contributed by atoms with van der Waals surface area (Å²) < 4.78 is 47.9. The van der Waals surface area contributed by atoms with Crippen molar-refractivity contribution in [2.75, 3.05) is 6.26 Å². The van der Waals surface area contributed by atoms with E-state index < -0.39 is 33.2 Å². The van der Waals surface area contributed by atoms with Gasteiger partial charge in [-0.3, -0.25) is 14.3 Å². The third kappa shape index (κ3) is 2.57. The number of nitro benzene ring substituents is 1. The van der Waals surface area contributed by atoms with Gasteiger partial charge < -0.3 is 0 Å². The van der Waals surface area contributed by atoms with Crippen LogP contribution in [0.2, 0.25) is 0 Å². The van der Waals surface area contributed by atoms with E-state index in [2.05, 4.69) is 0 Å². The molecule has 88 valence electrons. The maximum absolute atomic E-state index is 12.3. The summed E-state index contributed by atoms with van der Waals surface area (Å²) in [7, 11) is -1.71. The molecule has 4 nitrogen and oxygen atoms in total. The highest BCUT2D eigenvalue weighted by atomic mass is 32.2. The van der Waals surface area contributed by atoms with E-state index in [9.17, 15) is 27.5 Å². The van der Waals surface area contributed by atoms with Gasteiger partial charge in [0, 0.05) is 12.3 Å². The zero-order chi connectivity index (χ0) is 12.5. The number of alkyl halides is 3. The summed E-state index contributed by atoms with van der Waals surface area (Å²) in [5.41, 5.74) is -1.91. The third-order valence-corrected chi connectivity index (χ3v) is 2.76. The molecule has 0 fully saturated rings. The molecule has 0 heterocycles. The van der Waals surface area contributed by atoms with Crippen LogP contribution in [0.15, 0.2) is 23.1 Å². The van der Waals surface area contributed by atoms with E-state index in [4.69, 9.17) is 0 Å². The first-order chi connectivity index (χ1) is 7.23. The molecule has 0 aliphatic heterocycles. The van der Waals surface area contributed by atoms with Gasteiger partial charge in [0.2, 0.25) is 0 Å². The summed E-state index contributed by atoms with van der Waals surface area (Å²) in [5.74, 6) is 0. The lowest BCUT2D eigenvalue weighted by atomic mass is 10.2. The van der Waals surface area contributed by atoms with Crippen LogP contribution < -0.4 is 0 Å². The van der Waals surface area contributed by atoms with Crippen LogP contribution >= 0.6 is 0 Å². The minimum atomic E-state index is -4.65. The van der Waals surface area contributed by atoms with Gasteiger partial charge in [0.05, 0.1) is 21.3 Å². The van der Waals surface area contributed by atoms with E-state index in [1.54, 1.807) is 0 Å². The topological polar surface area (TPSA) is 60.2 Å². The normalized spacial score (nSPS) is 13.5. The number of rotatable bonds is 2. The number of hydrogen-bond acceptors (Lipinski definition) is 3. The van der Waals surface area contributed by atoms with Crippen LogP contribution in [0.1, 0.15) is 5.56 Å². The van der Waals surface area contributed by atoms with Crippen molar-refractivity contribution in [3.8, 4) is 0 Å². The Morgan fingerprint density at radius 1 is 1.38 bits per heavy atom. The summed E-state index contributed by atoms with van der Waals surface area (Å²) in [5, 5.41) is 10.5. The lowest BCUT2D eigenvalue weighted by molar-refractivity contribution is -0.388. The van der Waals surface area contributed by atoms with Crippen LogP contribution in [0.25, 0.3) is 0 Å². The van der Waals surface area contributed by atoms with Crippen molar-refractivity contribution in [1.82, 2.24) is 0 Å². The van der Waals surface area contributed by atoms with E-state index in [-0.39, 0.29) is 4.90 Å². The SMILES string of the molecule is C[S@@](=O)c1ccc(C(F)(F)F)cc1[N+](=O)[O-]. The lowest BCUT2D eigenvalue weighted by Crippen LogP contribution is -2.07. The fourth-order valence-corrected chi connectivity index (χ4v) is 1.77. The molecule has 0 spiro atoms. The van der Waals surface area contributed by atoms with Crippen molar-refractivity contribution in [2.24, 2.45) is 0 Å². The third-order valence-electron chi connectivity index (χ3n) is 1.79. The number of benzene rings is 1. The molecule has 1 aromatic carbocycles. The fraction of sp³-hybridized carbons (Fsp3) is 0.250. The van der Waals surface area contributed by atoms with E-state index in [1.807, 2.05) is 0 Å². The highest BCUT2D eigenvalue weighted by Crippen LogP contribution is 2.33. The molecule has 0 saturated carbocycles. The van der Waals surface area contributed by atoms with Crippen LogP contribution in [0, 0.1) is 10.1 Å². The number of halogens is 3. The monoisotopic (exact) mass is 253 g/mol. The summed E-state index contributed by atoms with van der Waals surface area (Å²) in [6.07, 6.45) is -3.49. The van der Waals surface area contributed by atoms with Crippen LogP contribution in [-0.2, 0) is 17.0 Å². The van der Waals surface area contributed by atoms with Crippen LogP contribution in [0.3, 0.4) is 0 Å². The minimum Gasteiger partial charge on any atom is -0.258 e. The van der Waals surface area contributed by atoms with Crippen molar-refractivity contribution in [1.29, 1.82) is 0 Å². The Labute approximate surface area is 90.7 Å². The Bertz CT molecular complexity index is 458. The molecule has 1 atom stereocenters. The number of nitrogens with zero attached hydrogens (tertiary/aromatic N) is 1. The van der Waals surface area contributed by atoms with Crippen LogP contribution in [0.5, 0.6) is 0 Å². The van der Waals surface area contributed by atoms with Crippen molar-refractivity contribution in [2.45, 2.75) is 11.1 Å². The smallest absolute Gasteiger partial charge is 0.258 e. The second-order valence-electron chi connectivity index (χ2n) is 2.89. The maximum Gasteiger partial charge on any atom is 0.416 e. The molecule has 16 heavy (non-hydrogen) atoms. The van der Waals surface area contributed by atoms with E-state index in [0.29, 0.717) is 12.1 Å². The van der Waals surface area contributed by atoms with Gasteiger partial charge in [-0.05, 0) is 12.1 Å². The standard InChI is InChI=1S/C8H6F3NO3S/c1-16(15)7-3-2-5(8(9,10)11)4-6(7)12(13)14/h2-4H,1H3/t16-/m1/s1. The number of nitro groups is 1. The van der Waals surface area contributed by atoms with Gasteiger partial charge in [0.15, 0.2) is 0 Å². The maximum atomic E-state index is 12.3. The van der Waals surface area contributed by atoms with Crippen molar-refractivity contribution in [3.63, 3.8) is 0 Å². The molecule has 0 N–H and O–H groups in total. The molecule has 0 saturated heterocycles. The highest BCUT2D eigenvalue weighted by Gasteiger charge is 2.33. The van der Waals surface area contributed by atoms with Crippen molar-refractivity contribution in [3.05, 3.63) is 33.9 Å². The number of hydrogen-bond donors (Lipinski definition) is 0. The van der Waals surface area contributed by atoms with E-state index in [0.717, 1.165) is 12.3 Å². The fourth-order valence-electron chi connectivity index (χ4n) is 1.08. The quantitative estimate of drug-likeness (QED) is 0.600. The predicted molar refractivity (Wildman–Crippen MR) is 50.4 cm³/mol. The molecular weight excluding hydrogens is 247 g/mol. The van der Waals surface area contributed by atoms with Crippen molar-refractivity contribution >= 4 is 16.5 Å². The largest absolute Gasteiger partial charge is 0.416 e. The predicted octanol–water partition coefficient (Wildman–Crippen LogP) is 2.35. The molecule has 1 aromatic rings. The Morgan fingerprint density at radius 3 is 2.31 bits per heavy atom. The van der Waals surface area contributed by atoms with Crippen molar-refractivity contribution < 1.29 is 22.3 Å². The first-order valence-corrected chi connectivity index (χ1v) is 5.48. The molecule has 8 heteroatoms. The summed E-state index contributed by atoms with van der Waals surface area (Å²) >= 11 is 0. The van der Waals surface area contributed by atoms with E-state index in [1.165, 1.54) is 0 Å². The molecule has 1 rings (SSSR count). The zero-order valence-electron chi connectivity index (χ0n) is 7.95. The Morgan fingerprint density at radius 2 is 1.94 bits per heavy atom. The van der Waals surface area contributed by atoms with Gasteiger partial charge in [-0.15, -0.1) is 0 Å². The average Bonchev–Trinajstić information content (AvgIpc) is 2.15. The zero-order valence-corrected chi connectivity index (χ0v) is 8.76. The van der Waals surface area contributed by atoms with Gasteiger partial charge in [0.25, 0.3) is 5.69 Å². The first-order valence-electron chi connectivity index (χ1n) is 3.92. The summed E-state index contributed by atoms with van der Waals surface area (Å²) in [6, 6.07) is 1.91. The molecule has 0 aliphatic rings. The summed E-state index contributed by atoms with van der Waals surface area (Å²) in [4.78, 5) is 9.30. The molecule has 0 aliphatic carbocycles. The highest BCUT2D eigenvalue weighted by molar-refractivity contribution is 7.84. The molecule has 0 radical (unpaired) electrons. The lowest BCUT2D eigenvalue weighted by Gasteiger charge is -2.07. The van der Waals surface area contributed by atoms with E-state index >= 15 is 0 Å². The molecule has 0 amide bonds. The Balaban J connectivity index is 3.40. The second-order valence-corrected chi connectivity index (χ2v) is 4.24. The molecule has 0 bridgehead atoms.